The van der Waals surface area contributed by atoms with Crippen molar-refractivity contribution in [3.05, 3.63) is 53.2 Å². The third-order valence-corrected chi connectivity index (χ3v) is 5.23. The van der Waals surface area contributed by atoms with Gasteiger partial charge in [0.05, 0.1) is 6.61 Å². The highest BCUT2D eigenvalue weighted by atomic mass is 19.1. The highest BCUT2D eigenvalue weighted by Gasteiger charge is 2.26. The zero-order valence-corrected chi connectivity index (χ0v) is 16.8. The van der Waals surface area contributed by atoms with Crippen LogP contribution in [0.4, 0.5) is 14.6 Å². The van der Waals surface area contributed by atoms with Crippen molar-refractivity contribution in [3.8, 4) is 5.75 Å². The van der Waals surface area contributed by atoms with E-state index >= 15 is 0 Å². The van der Waals surface area contributed by atoms with Gasteiger partial charge in [0.1, 0.15) is 11.6 Å². The molecule has 0 saturated carbocycles. The quantitative estimate of drug-likeness (QED) is 0.574. The van der Waals surface area contributed by atoms with Gasteiger partial charge in [0, 0.05) is 44.5 Å². The summed E-state index contributed by atoms with van der Waals surface area (Å²) in [5, 5.41) is 6.62. The first-order valence-corrected chi connectivity index (χ1v) is 9.98. The summed E-state index contributed by atoms with van der Waals surface area (Å²) in [5.41, 5.74) is 1.53. The summed E-state index contributed by atoms with van der Waals surface area (Å²) in [6, 6.07) is 6.08. The Morgan fingerprint density at radius 2 is 2.27 bits per heavy atom. The molecule has 1 aromatic heterocycles. The fourth-order valence-electron chi connectivity index (χ4n) is 3.83. The lowest BCUT2D eigenvalue weighted by Crippen LogP contribution is -2.45. The van der Waals surface area contributed by atoms with E-state index in [1.807, 2.05) is 4.90 Å². The second kappa shape index (κ2) is 9.25. The minimum Gasteiger partial charge on any atom is -0.467 e. The average Bonchev–Trinajstić information content (AvgIpc) is 3.21. The van der Waals surface area contributed by atoms with E-state index in [9.17, 15) is 8.78 Å². The summed E-state index contributed by atoms with van der Waals surface area (Å²) in [5.74, 6) is 1.12. The second-order valence-electron chi connectivity index (χ2n) is 7.30. The molecule has 1 saturated heterocycles. The first-order chi connectivity index (χ1) is 14.6. The Morgan fingerprint density at radius 3 is 3.10 bits per heavy atom. The Kier molecular flexibility index (Phi) is 6.27. The maximum atomic E-state index is 14.0. The fourth-order valence-corrected chi connectivity index (χ4v) is 3.83. The standard InChI is InChI=1S/C21H25F2N5O2/c1-24-21(27-17-5-8-28(11-17)20-18(23)3-2-6-25-20)26-7-4-14-9-16(22)10-15-12-29-13-30-19(14)15/h2-3,6,9-10,17H,4-5,7-8,11-13H2,1H3,(H2,24,26,27). The summed E-state index contributed by atoms with van der Waals surface area (Å²) in [6.07, 6.45) is 3.03. The van der Waals surface area contributed by atoms with Gasteiger partial charge >= 0.3 is 0 Å². The molecule has 2 aliphatic rings. The number of rotatable bonds is 5. The molecular weight excluding hydrogens is 392 g/mol. The van der Waals surface area contributed by atoms with Gasteiger partial charge in [-0.15, -0.1) is 0 Å². The van der Waals surface area contributed by atoms with Crippen LogP contribution in [0.15, 0.2) is 35.5 Å². The van der Waals surface area contributed by atoms with Crippen molar-refractivity contribution >= 4 is 11.8 Å². The van der Waals surface area contributed by atoms with Crippen LogP contribution in [0.3, 0.4) is 0 Å². The highest BCUT2D eigenvalue weighted by molar-refractivity contribution is 5.80. The smallest absolute Gasteiger partial charge is 0.191 e. The van der Waals surface area contributed by atoms with Crippen molar-refractivity contribution in [1.29, 1.82) is 0 Å². The van der Waals surface area contributed by atoms with Gasteiger partial charge in [0.2, 0.25) is 0 Å². The number of nitrogens with one attached hydrogen (secondary N) is 2. The Bertz CT molecular complexity index is 924. The molecule has 7 nitrogen and oxygen atoms in total. The van der Waals surface area contributed by atoms with Crippen LogP contribution >= 0.6 is 0 Å². The largest absolute Gasteiger partial charge is 0.467 e. The number of benzene rings is 1. The molecule has 1 atom stereocenters. The zero-order valence-electron chi connectivity index (χ0n) is 16.8. The molecule has 2 aliphatic heterocycles. The molecular formula is C21H25F2N5O2. The van der Waals surface area contributed by atoms with E-state index < -0.39 is 0 Å². The fraction of sp³-hybridized carbons (Fsp3) is 0.429. The van der Waals surface area contributed by atoms with Gasteiger partial charge < -0.3 is 25.0 Å². The minimum atomic E-state index is -0.313. The molecule has 3 heterocycles. The summed E-state index contributed by atoms with van der Waals surface area (Å²) < 4.78 is 38.6. The number of nitrogens with zero attached hydrogens (tertiary/aromatic N) is 3. The molecule has 0 radical (unpaired) electrons. The first kappa shape index (κ1) is 20.3. The number of halogens is 2. The Balaban J connectivity index is 1.30. The molecule has 160 valence electrons. The zero-order chi connectivity index (χ0) is 20.9. The lowest BCUT2D eigenvalue weighted by molar-refractivity contribution is -0.0172. The van der Waals surface area contributed by atoms with Gasteiger partial charge in [-0.3, -0.25) is 4.99 Å². The number of anilines is 1. The molecule has 0 spiro atoms. The second-order valence-corrected chi connectivity index (χ2v) is 7.30. The van der Waals surface area contributed by atoms with E-state index in [1.54, 1.807) is 19.3 Å². The van der Waals surface area contributed by atoms with Crippen molar-refractivity contribution in [1.82, 2.24) is 15.6 Å². The summed E-state index contributed by atoms with van der Waals surface area (Å²) in [7, 11) is 1.70. The minimum absolute atomic E-state index is 0.125. The topological polar surface area (TPSA) is 71.0 Å². The van der Waals surface area contributed by atoms with Crippen molar-refractivity contribution in [2.24, 2.45) is 4.99 Å². The molecule has 2 aromatic rings. The van der Waals surface area contributed by atoms with E-state index in [4.69, 9.17) is 9.47 Å². The Labute approximate surface area is 174 Å². The number of hydrogen-bond acceptors (Lipinski definition) is 5. The average molecular weight is 417 g/mol. The molecule has 9 heteroatoms. The van der Waals surface area contributed by atoms with Gasteiger partial charge in [0.25, 0.3) is 0 Å². The maximum Gasteiger partial charge on any atom is 0.191 e. The summed E-state index contributed by atoms with van der Waals surface area (Å²) >= 11 is 0. The van der Waals surface area contributed by atoms with E-state index in [0.717, 1.165) is 24.1 Å². The molecule has 0 amide bonds. The van der Waals surface area contributed by atoms with Crippen molar-refractivity contribution in [3.63, 3.8) is 0 Å². The number of aromatic nitrogens is 1. The number of ether oxygens (including phenoxy) is 2. The van der Waals surface area contributed by atoms with Gasteiger partial charge in [-0.1, -0.05) is 0 Å². The molecule has 1 fully saturated rings. The van der Waals surface area contributed by atoms with Gasteiger partial charge in [0.15, 0.2) is 24.4 Å². The molecule has 1 unspecified atom stereocenters. The first-order valence-electron chi connectivity index (χ1n) is 9.98. The van der Waals surface area contributed by atoms with E-state index in [0.29, 0.717) is 43.6 Å². The normalized spacial score (nSPS) is 18.7. The van der Waals surface area contributed by atoms with Crippen LogP contribution < -0.4 is 20.3 Å². The Morgan fingerprint density at radius 1 is 1.37 bits per heavy atom. The summed E-state index contributed by atoms with van der Waals surface area (Å²) in [6.45, 7) is 2.45. The van der Waals surface area contributed by atoms with Gasteiger partial charge in [-0.25, -0.2) is 13.8 Å². The molecule has 4 rings (SSSR count). The number of hydrogen-bond donors (Lipinski definition) is 2. The monoisotopic (exact) mass is 417 g/mol. The summed E-state index contributed by atoms with van der Waals surface area (Å²) in [4.78, 5) is 10.3. The van der Waals surface area contributed by atoms with Crippen LogP contribution in [-0.4, -0.2) is 50.5 Å². The lowest BCUT2D eigenvalue weighted by Gasteiger charge is -2.22. The van der Waals surface area contributed by atoms with Crippen molar-refractivity contribution in [2.45, 2.75) is 25.5 Å². The molecule has 30 heavy (non-hydrogen) atoms. The van der Waals surface area contributed by atoms with Gasteiger partial charge in [-0.05, 0) is 42.7 Å². The van der Waals surface area contributed by atoms with E-state index in [-0.39, 0.29) is 24.5 Å². The molecule has 0 bridgehead atoms. The van der Waals surface area contributed by atoms with Crippen LogP contribution in [0, 0.1) is 11.6 Å². The van der Waals surface area contributed by atoms with Crippen molar-refractivity contribution in [2.75, 3.05) is 38.4 Å². The van der Waals surface area contributed by atoms with Crippen molar-refractivity contribution < 1.29 is 18.3 Å². The molecule has 0 aliphatic carbocycles. The van der Waals surface area contributed by atoms with Crippen LogP contribution in [-0.2, 0) is 17.8 Å². The molecule has 2 N–H and O–H groups in total. The number of fused-ring (bicyclic) bond motifs is 1. The van der Waals surface area contributed by atoms with E-state index in [2.05, 4.69) is 20.6 Å². The predicted molar refractivity (Wildman–Crippen MR) is 110 cm³/mol. The van der Waals surface area contributed by atoms with E-state index in [1.165, 1.54) is 18.2 Å². The van der Waals surface area contributed by atoms with Crippen LogP contribution in [0.2, 0.25) is 0 Å². The van der Waals surface area contributed by atoms with Crippen LogP contribution in [0.25, 0.3) is 0 Å². The van der Waals surface area contributed by atoms with Crippen LogP contribution in [0.5, 0.6) is 5.75 Å². The number of guanidine groups is 1. The molecule has 1 aromatic carbocycles. The van der Waals surface area contributed by atoms with Gasteiger partial charge in [-0.2, -0.15) is 0 Å². The third-order valence-electron chi connectivity index (χ3n) is 5.23. The third kappa shape index (κ3) is 4.62. The lowest BCUT2D eigenvalue weighted by atomic mass is 10.1. The maximum absolute atomic E-state index is 14.0. The number of pyridine rings is 1. The Hall–Kier alpha value is -2.94. The number of aliphatic imine (C=N–C) groups is 1. The van der Waals surface area contributed by atoms with Crippen LogP contribution in [0.1, 0.15) is 17.5 Å². The SMILES string of the molecule is CN=C(NCCc1cc(F)cc2c1OCOC2)NC1CCN(c2ncccc2F)C1. The predicted octanol–water partition coefficient (Wildman–Crippen LogP) is 2.21. The highest BCUT2D eigenvalue weighted by Crippen LogP contribution is 2.29.